The summed E-state index contributed by atoms with van der Waals surface area (Å²) in [6.45, 7) is 4.09. The highest BCUT2D eigenvalue weighted by molar-refractivity contribution is 6.02. The Labute approximate surface area is 142 Å². The first-order chi connectivity index (χ1) is 11.7. The number of aryl methyl sites for hydroxylation is 2. The molecule has 2 aromatic carbocycles. The van der Waals surface area contributed by atoms with E-state index in [2.05, 4.69) is 17.2 Å². The summed E-state index contributed by atoms with van der Waals surface area (Å²) in [5, 5.41) is 4.07. The third kappa shape index (κ3) is 3.51. The first-order valence-corrected chi connectivity index (χ1v) is 8.10. The molecule has 0 unspecified atom stereocenters. The zero-order valence-corrected chi connectivity index (χ0v) is 13.9. The largest absolute Gasteiger partial charge is 0.322 e. The number of hydrogen-bond donors (Lipinski definition) is 1. The Hall–Kier alpha value is -2.94. The average Bonchev–Trinajstić information content (AvgIpc) is 2.61. The number of nitrogens with zero attached hydrogens (tertiary/aromatic N) is 1. The molecular weight excluding hydrogens is 296 g/mol. The van der Waals surface area contributed by atoms with E-state index in [9.17, 15) is 4.79 Å². The van der Waals surface area contributed by atoms with Gasteiger partial charge in [-0.25, -0.2) is 4.98 Å². The van der Waals surface area contributed by atoms with Gasteiger partial charge in [0.25, 0.3) is 0 Å². The molecule has 1 N–H and O–H groups in total. The van der Waals surface area contributed by atoms with Gasteiger partial charge in [-0.3, -0.25) is 4.79 Å². The predicted octanol–water partition coefficient (Wildman–Crippen LogP) is 4.76. The summed E-state index contributed by atoms with van der Waals surface area (Å²) in [4.78, 5) is 16.8. The summed E-state index contributed by atoms with van der Waals surface area (Å²) in [6, 6.07) is 17.9. The lowest BCUT2D eigenvalue weighted by atomic mass is 10.1. The normalized spacial score (nSPS) is 11.1. The Morgan fingerprint density at radius 2 is 1.92 bits per heavy atom. The molecule has 0 bridgehead atoms. The van der Waals surface area contributed by atoms with E-state index in [0.29, 0.717) is 0 Å². The molecule has 0 aliphatic carbocycles. The molecule has 120 valence electrons. The second kappa shape index (κ2) is 7.09. The monoisotopic (exact) mass is 316 g/mol. The highest BCUT2D eigenvalue weighted by Crippen LogP contribution is 2.21. The molecule has 0 spiro atoms. The van der Waals surface area contributed by atoms with Gasteiger partial charge >= 0.3 is 0 Å². The Morgan fingerprint density at radius 3 is 2.75 bits per heavy atom. The van der Waals surface area contributed by atoms with Crippen LogP contribution < -0.4 is 5.32 Å². The maximum atomic E-state index is 12.2. The molecule has 3 aromatic rings. The van der Waals surface area contributed by atoms with Crippen molar-refractivity contribution in [2.24, 2.45) is 0 Å². The minimum atomic E-state index is -0.144. The van der Waals surface area contributed by atoms with Crippen molar-refractivity contribution in [1.29, 1.82) is 0 Å². The molecule has 0 aliphatic rings. The number of fused-ring (bicyclic) bond motifs is 1. The van der Waals surface area contributed by atoms with Crippen LogP contribution >= 0.6 is 0 Å². The zero-order chi connectivity index (χ0) is 16.9. The summed E-state index contributed by atoms with van der Waals surface area (Å²) in [6.07, 6.45) is 4.15. The van der Waals surface area contributed by atoms with Crippen molar-refractivity contribution in [1.82, 2.24) is 4.98 Å². The van der Waals surface area contributed by atoms with Gasteiger partial charge in [-0.05, 0) is 42.7 Å². The number of carbonyl (C=O) groups excluding carboxylic acids is 1. The Morgan fingerprint density at radius 1 is 1.08 bits per heavy atom. The van der Waals surface area contributed by atoms with Crippen LogP contribution in [0.5, 0.6) is 0 Å². The molecule has 1 aromatic heterocycles. The van der Waals surface area contributed by atoms with E-state index in [-0.39, 0.29) is 5.91 Å². The molecule has 3 rings (SSSR count). The Balaban J connectivity index is 1.77. The molecule has 0 saturated heterocycles. The Kier molecular flexibility index (Phi) is 4.71. The summed E-state index contributed by atoms with van der Waals surface area (Å²) in [7, 11) is 0. The molecule has 0 fully saturated rings. The third-order valence-corrected chi connectivity index (χ3v) is 4.01. The highest BCUT2D eigenvalue weighted by atomic mass is 16.1. The summed E-state index contributed by atoms with van der Waals surface area (Å²) < 4.78 is 0. The van der Waals surface area contributed by atoms with E-state index in [4.69, 9.17) is 0 Å². The maximum Gasteiger partial charge on any atom is 0.248 e. The van der Waals surface area contributed by atoms with E-state index in [1.54, 1.807) is 6.08 Å². The lowest BCUT2D eigenvalue weighted by Gasteiger charge is -2.11. The fourth-order valence-corrected chi connectivity index (χ4v) is 2.70. The van der Waals surface area contributed by atoms with Crippen molar-refractivity contribution in [3.63, 3.8) is 0 Å². The number of nitrogens with one attached hydrogen (secondary N) is 1. The SMILES string of the molecule is CCc1cccc(C)c1NC(=O)/C=C/c1ccc2ccccc2n1. The molecule has 1 heterocycles. The quantitative estimate of drug-likeness (QED) is 0.705. The van der Waals surface area contributed by atoms with E-state index in [1.165, 1.54) is 6.08 Å². The number of aromatic nitrogens is 1. The molecule has 3 heteroatoms. The number of rotatable bonds is 4. The standard InChI is InChI=1S/C21H20N2O/c1-3-16-9-6-7-15(2)21(16)23-20(24)14-13-18-12-11-17-8-4-5-10-19(17)22-18/h4-14H,3H2,1-2H3,(H,23,24)/b14-13+. The van der Waals surface area contributed by atoms with Crippen LogP contribution in [0, 0.1) is 6.92 Å². The van der Waals surface area contributed by atoms with E-state index in [1.807, 2.05) is 61.5 Å². The number of carbonyl (C=O) groups is 1. The highest BCUT2D eigenvalue weighted by Gasteiger charge is 2.06. The van der Waals surface area contributed by atoms with Crippen LogP contribution in [0.3, 0.4) is 0 Å². The van der Waals surface area contributed by atoms with Gasteiger partial charge in [0.2, 0.25) is 5.91 Å². The lowest BCUT2D eigenvalue weighted by molar-refractivity contribution is -0.111. The van der Waals surface area contributed by atoms with Gasteiger partial charge in [0.1, 0.15) is 0 Å². The van der Waals surface area contributed by atoms with Gasteiger partial charge in [0.15, 0.2) is 0 Å². The van der Waals surface area contributed by atoms with Crippen molar-refractivity contribution >= 4 is 28.6 Å². The fourth-order valence-electron chi connectivity index (χ4n) is 2.70. The van der Waals surface area contributed by atoms with Crippen molar-refractivity contribution < 1.29 is 4.79 Å². The first-order valence-electron chi connectivity index (χ1n) is 8.10. The lowest BCUT2D eigenvalue weighted by Crippen LogP contribution is -2.11. The van der Waals surface area contributed by atoms with Gasteiger partial charge in [-0.1, -0.05) is 49.4 Å². The fraction of sp³-hybridized carbons (Fsp3) is 0.143. The summed E-state index contributed by atoms with van der Waals surface area (Å²) in [5.74, 6) is -0.144. The van der Waals surface area contributed by atoms with Crippen LogP contribution in [0.25, 0.3) is 17.0 Å². The van der Waals surface area contributed by atoms with Crippen LogP contribution in [0.1, 0.15) is 23.7 Å². The minimum absolute atomic E-state index is 0.144. The number of anilines is 1. The third-order valence-electron chi connectivity index (χ3n) is 4.01. The van der Waals surface area contributed by atoms with Gasteiger partial charge < -0.3 is 5.32 Å². The topological polar surface area (TPSA) is 42.0 Å². The van der Waals surface area contributed by atoms with Crippen molar-refractivity contribution in [2.75, 3.05) is 5.32 Å². The van der Waals surface area contributed by atoms with Crippen LogP contribution in [0.4, 0.5) is 5.69 Å². The van der Waals surface area contributed by atoms with Crippen molar-refractivity contribution in [2.45, 2.75) is 20.3 Å². The zero-order valence-electron chi connectivity index (χ0n) is 13.9. The smallest absolute Gasteiger partial charge is 0.248 e. The number of pyridine rings is 1. The number of hydrogen-bond acceptors (Lipinski definition) is 2. The van der Waals surface area contributed by atoms with Crippen molar-refractivity contribution in [3.8, 4) is 0 Å². The minimum Gasteiger partial charge on any atom is -0.322 e. The molecular formula is C21H20N2O. The van der Waals surface area contributed by atoms with E-state index >= 15 is 0 Å². The van der Waals surface area contributed by atoms with E-state index < -0.39 is 0 Å². The molecule has 1 amide bonds. The van der Waals surface area contributed by atoms with Gasteiger partial charge in [0, 0.05) is 17.1 Å². The van der Waals surface area contributed by atoms with Crippen LogP contribution in [-0.4, -0.2) is 10.9 Å². The molecule has 0 radical (unpaired) electrons. The average molecular weight is 316 g/mol. The molecule has 0 atom stereocenters. The van der Waals surface area contributed by atoms with Crippen LogP contribution in [0.15, 0.2) is 60.7 Å². The van der Waals surface area contributed by atoms with Gasteiger partial charge in [-0.2, -0.15) is 0 Å². The van der Waals surface area contributed by atoms with Crippen LogP contribution in [0.2, 0.25) is 0 Å². The maximum absolute atomic E-state index is 12.2. The van der Waals surface area contributed by atoms with E-state index in [0.717, 1.165) is 39.8 Å². The number of amides is 1. The van der Waals surface area contributed by atoms with Crippen molar-refractivity contribution in [3.05, 3.63) is 77.5 Å². The molecule has 3 nitrogen and oxygen atoms in total. The van der Waals surface area contributed by atoms with Gasteiger partial charge in [0.05, 0.1) is 11.2 Å². The Bertz CT molecular complexity index is 913. The molecule has 24 heavy (non-hydrogen) atoms. The first kappa shape index (κ1) is 15.9. The molecule has 0 aliphatic heterocycles. The van der Waals surface area contributed by atoms with Gasteiger partial charge in [-0.15, -0.1) is 0 Å². The molecule has 0 saturated carbocycles. The van der Waals surface area contributed by atoms with Crippen LogP contribution in [-0.2, 0) is 11.2 Å². The summed E-state index contributed by atoms with van der Waals surface area (Å²) >= 11 is 0. The second-order valence-corrected chi connectivity index (χ2v) is 5.71. The summed E-state index contributed by atoms with van der Waals surface area (Å²) in [5.41, 5.74) is 4.80. The second-order valence-electron chi connectivity index (χ2n) is 5.71. The predicted molar refractivity (Wildman–Crippen MR) is 100.0 cm³/mol. The number of benzene rings is 2. The number of para-hydroxylation sites is 2.